The molecule has 5 heteroatoms. The van der Waals surface area contributed by atoms with Crippen LogP contribution in [0.2, 0.25) is 0 Å². The number of aromatic nitrogens is 3. The molecule has 0 unspecified atom stereocenters. The Morgan fingerprint density at radius 1 is 1.27 bits per heavy atom. The van der Waals surface area contributed by atoms with Gasteiger partial charge in [-0.2, -0.15) is 0 Å². The first-order chi connectivity index (χ1) is 10.5. The normalized spacial score (nSPS) is 11.5. The Balaban J connectivity index is 2.09. The predicted octanol–water partition coefficient (Wildman–Crippen LogP) is 3.48. The van der Waals surface area contributed by atoms with Crippen molar-refractivity contribution < 1.29 is 9.21 Å². The van der Waals surface area contributed by atoms with Gasteiger partial charge in [0, 0.05) is 17.3 Å². The van der Waals surface area contributed by atoms with Crippen LogP contribution in [0, 0.1) is 5.92 Å². The molecule has 0 aliphatic heterocycles. The molecule has 2 aromatic heterocycles. The van der Waals surface area contributed by atoms with Crippen LogP contribution in [0.3, 0.4) is 0 Å². The topological polar surface area (TPSA) is 60.9 Å². The van der Waals surface area contributed by atoms with Crippen molar-refractivity contribution in [1.29, 1.82) is 0 Å². The molecule has 3 aromatic rings. The fourth-order valence-corrected chi connectivity index (χ4v) is 2.57. The number of hydrogen-bond donors (Lipinski definition) is 0. The fourth-order valence-electron chi connectivity index (χ4n) is 2.57. The monoisotopic (exact) mass is 297 g/mol. The fraction of sp³-hybridized carbons (Fsp3) is 0.353. The van der Waals surface area contributed by atoms with Crippen molar-refractivity contribution in [2.45, 2.75) is 33.7 Å². The molecule has 0 bridgehead atoms. The van der Waals surface area contributed by atoms with E-state index in [0.717, 1.165) is 23.0 Å². The molecule has 0 fully saturated rings. The Morgan fingerprint density at radius 3 is 2.77 bits per heavy atom. The van der Waals surface area contributed by atoms with E-state index >= 15 is 0 Å². The number of rotatable bonds is 5. The number of hydrogen-bond acceptors (Lipinski definition) is 4. The van der Waals surface area contributed by atoms with Crippen molar-refractivity contribution in [3.63, 3.8) is 0 Å². The third-order valence-corrected chi connectivity index (χ3v) is 3.46. The van der Waals surface area contributed by atoms with Gasteiger partial charge in [-0.3, -0.25) is 4.79 Å². The molecule has 0 N–H and O–H groups in total. The molecular formula is C17H19N3O2. The highest BCUT2D eigenvalue weighted by Gasteiger charge is 2.17. The van der Waals surface area contributed by atoms with Crippen LogP contribution in [0.1, 0.15) is 26.7 Å². The minimum Gasteiger partial charge on any atom is -0.419 e. The molecule has 1 aromatic carbocycles. The average Bonchev–Trinajstić information content (AvgIpc) is 3.03. The maximum absolute atomic E-state index is 11.6. The zero-order chi connectivity index (χ0) is 15.7. The van der Waals surface area contributed by atoms with Crippen molar-refractivity contribution in [3.05, 3.63) is 36.2 Å². The lowest BCUT2D eigenvalue weighted by Gasteiger charge is -2.05. The molecule has 114 valence electrons. The summed E-state index contributed by atoms with van der Waals surface area (Å²) in [4.78, 5) is 11.6. The van der Waals surface area contributed by atoms with E-state index in [0.29, 0.717) is 24.2 Å². The second kappa shape index (κ2) is 5.75. The maximum Gasteiger partial charge on any atom is 0.264 e. The van der Waals surface area contributed by atoms with E-state index in [-0.39, 0.29) is 5.78 Å². The number of ketones is 1. The van der Waals surface area contributed by atoms with Crippen LogP contribution in [-0.2, 0) is 17.8 Å². The Hall–Kier alpha value is -2.43. The lowest BCUT2D eigenvalue weighted by atomic mass is 10.1. The van der Waals surface area contributed by atoms with Crippen molar-refractivity contribution in [3.8, 4) is 11.6 Å². The first kappa shape index (κ1) is 14.5. The number of fused-ring (bicyclic) bond motifs is 1. The molecule has 3 rings (SSSR count). The molecule has 0 aliphatic carbocycles. The Labute approximate surface area is 129 Å². The highest BCUT2D eigenvalue weighted by molar-refractivity contribution is 5.88. The smallest absolute Gasteiger partial charge is 0.264 e. The number of nitrogens with zero attached hydrogens (tertiary/aromatic N) is 3. The zero-order valence-corrected chi connectivity index (χ0v) is 13.0. The van der Waals surface area contributed by atoms with Crippen LogP contribution < -0.4 is 0 Å². The van der Waals surface area contributed by atoms with Crippen molar-refractivity contribution in [2.24, 2.45) is 5.92 Å². The number of carbonyl (C=O) groups is 1. The maximum atomic E-state index is 11.6. The van der Waals surface area contributed by atoms with Gasteiger partial charge >= 0.3 is 0 Å². The van der Waals surface area contributed by atoms with Gasteiger partial charge in [-0.15, -0.1) is 10.2 Å². The van der Waals surface area contributed by atoms with Gasteiger partial charge in [0.25, 0.3) is 5.89 Å². The van der Waals surface area contributed by atoms with Crippen LogP contribution in [0.4, 0.5) is 0 Å². The summed E-state index contributed by atoms with van der Waals surface area (Å²) in [6.45, 7) is 6.09. The number of para-hydroxylation sites is 1. The van der Waals surface area contributed by atoms with E-state index in [1.165, 1.54) is 0 Å². The molecule has 0 atom stereocenters. The van der Waals surface area contributed by atoms with Gasteiger partial charge in [0.05, 0.1) is 6.54 Å². The third kappa shape index (κ3) is 2.79. The molecule has 5 nitrogen and oxygen atoms in total. The van der Waals surface area contributed by atoms with E-state index in [1.54, 1.807) is 6.92 Å². The number of Topliss-reactive ketones (excluding diaryl/α,β-unsaturated/α-hetero) is 1. The third-order valence-electron chi connectivity index (χ3n) is 3.46. The molecule has 0 saturated carbocycles. The summed E-state index contributed by atoms with van der Waals surface area (Å²) in [5.41, 5.74) is 1.79. The SMILES string of the molecule is CC(=O)Cn1c(-c2nnc(CC(C)C)o2)cc2ccccc21. The first-order valence-electron chi connectivity index (χ1n) is 7.45. The quantitative estimate of drug-likeness (QED) is 0.723. The number of carbonyl (C=O) groups excluding carboxylic acids is 1. The highest BCUT2D eigenvalue weighted by Crippen LogP contribution is 2.27. The van der Waals surface area contributed by atoms with E-state index in [9.17, 15) is 4.79 Å². The van der Waals surface area contributed by atoms with Crippen LogP contribution >= 0.6 is 0 Å². The largest absolute Gasteiger partial charge is 0.419 e. The second-order valence-corrected chi connectivity index (χ2v) is 5.98. The van der Waals surface area contributed by atoms with Gasteiger partial charge in [-0.25, -0.2) is 0 Å². The molecule has 0 spiro atoms. The summed E-state index contributed by atoms with van der Waals surface area (Å²) in [6.07, 6.45) is 0.750. The highest BCUT2D eigenvalue weighted by atomic mass is 16.4. The molecule has 22 heavy (non-hydrogen) atoms. The Bertz CT molecular complexity index is 814. The molecule has 0 amide bonds. The number of benzene rings is 1. The molecule has 2 heterocycles. The lowest BCUT2D eigenvalue weighted by Crippen LogP contribution is -2.07. The Kier molecular flexibility index (Phi) is 3.79. The van der Waals surface area contributed by atoms with E-state index < -0.39 is 0 Å². The van der Waals surface area contributed by atoms with E-state index in [4.69, 9.17) is 4.42 Å². The van der Waals surface area contributed by atoms with E-state index in [1.807, 2.05) is 34.9 Å². The van der Waals surface area contributed by atoms with Gasteiger partial charge in [0.15, 0.2) is 0 Å². The van der Waals surface area contributed by atoms with E-state index in [2.05, 4.69) is 24.0 Å². The van der Waals surface area contributed by atoms with Crippen molar-refractivity contribution >= 4 is 16.7 Å². The average molecular weight is 297 g/mol. The minimum absolute atomic E-state index is 0.0875. The zero-order valence-electron chi connectivity index (χ0n) is 13.0. The van der Waals surface area contributed by atoms with Gasteiger partial charge < -0.3 is 8.98 Å². The summed E-state index contributed by atoms with van der Waals surface area (Å²) in [6, 6.07) is 9.93. The molecule has 0 aliphatic rings. The second-order valence-electron chi connectivity index (χ2n) is 5.98. The van der Waals surface area contributed by atoms with Gasteiger partial charge in [-0.1, -0.05) is 32.0 Å². The minimum atomic E-state index is 0.0875. The van der Waals surface area contributed by atoms with Crippen LogP contribution in [0.5, 0.6) is 0 Å². The summed E-state index contributed by atoms with van der Waals surface area (Å²) in [7, 11) is 0. The van der Waals surface area contributed by atoms with Gasteiger partial charge in [0.1, 0.15) is 11.5 Å². The summed E-state index contributed by atoms with van der Waals surface area (Å²) in [5.74, 6) is 1.64. The Morgan fingerprint density at radius 2 is 2.05 bits per heavy atom. The molecule has 0 radical (unpaired) electrons. The van der Waals surface area contributed by atoms with Crippen molar-refractivity contribution in [1.82, 2.24) is 14.8 Å². The van der Waals surface area contributed by atoms with Crippen LogP contribution in [0.25, 0.3) is 22.5 Å². The predicted molar refractivity (Wildman–Crippen MR) is 84.5 cm³/mol. The van der Waals surface area contributed by atoms with Gasteiger partial charge in [0.2, 0.25) is 5.89 Å². The van der Waals surface area contributed by atoms with Crippen LogP contribution in [0.15, 0.2) is 34.7 Å². The molecule has 0 saturated heterocycles. The lowest BCUT2D eigenvalue weighted by molar-refractivity contribution is -0.117. The van der Waals surface area contributed by atoms with Gasteiger partial charge in [-0.05, 0) is 25.0 Å². The van der Waals surface area contributed by atoms with Crippen molar-refractivity contribution in [2.75, 3.05) is 0 Å². The summed E-state index contributed by atoms with van der Waals surface area (Å²) in [5, 5.41) is 9.32. The van der Waals surface area contributed by atoms with Crippen LogP contribution in [-0.4, -0.2) is 20.5 Å². The molecular weight excluding hydrogens is 278 g/mol. The summed E-state index contributed by atoms with van der Waals surface area (Å²) < 4.78 is 7.71. The summed E-state index contributed by atoms with van der Waals surface area (Å²) >= 11 is 0. The standard InChI is InChI=1S/C17H19N3O2/c1-11(2)8-16-18-19-17(22-16)15-9-13-6-4-5-7-14(13)20(15)10-12(3)21/h4-7,9,11H,8,10H2,1-3H3. The first-order valence-corrected chi connectivity index (χ1v) is 7.45.